The van der Waals surface area contributed by atoms with Crippen LogP contribution in [0.15, 0.2) is 24.4 Å². The van der Waals surface area contributed by atoms with Gasteiger partial charge in [-0.1, -0.05) is 38.1 Å². The average Bonchev–Trinajstić information content (AvgIpc) is 2.88. The molecule has 1 aromatic heterocycles. The molecule has 0 spiro atoms. The number of hydrogen-bond donors (Lipinski definition) is 0. The number of methoxy groups -OCH3 is 2. The molecule has 0 amide bonds. The Morgan fingerprint density at radius 2 is 2.00 bits per heavy atom. The molecule has 1 radical (unpaired) electrons. The Morgan fingerprint density at radius 1 is 1.21 bits per heavy atom. The fourth-order valence-corrected chi connectivity index (χ4v) is 3.16. The second-order valence-corrected chi connectivity index (χ2v) is 6.47. The molecule has 127 valence electrons. The first-order valence-electron chi connectivity index (χ1n) is 7.58. The number of ether oxygens (including phenoxy) is 3. The zero-order valence-electron chi connectivity index (χ0n) is 14.0. The van der Waals surface area contributed by atoms with Gasteiger partial charge in [-0.05, 0) is 5.52 Å². The third kappa shape index (κ3) is 2.35. The zero-order chi connectivity index (χ0) is 16.2. The van der Waals surface area contributed by atoms with E-state index in [0.29, 0.717) is 18.1 Å². The first-order chi connectivity index (χ1) is 11.0. The fraction of sp³-hybridized carbons (Fsp3) is 0.316. The van der Waals surface area contributed by atoms with Gasteiger partial charge in [-0.3, -0.25) is 0 Å². The van der Waals surface area contributed by atoms with Gasteiger partial charge in [0.1, 0.15) is 5.75 Å². The molecule has 0 saturated heterocycles. The topological polar surface area (TPSA) is 40.6 Å². The molecule has 3 aromatic rings. The van der Waals surface area contributed by atoms with E-state index in [9.17, 15) is 0 Å². The van der Waals surface area contributed by atoms with Crippen molar-refractivity contribution >= 4 is 21.7 Å². The Hall–Kier alpha value is -1.84. The van der Waals surface area contributed by atoms with Crippen molar-refractivity contribution in [3.05, 3.63) is 36.0 Å². The van der Waals surface area contributed by atoms with E-state index < -0.39 is 0 Å². The largest absolute Gasteiger partial charge is 0.536 e. The van der Waals surface area contributed by atoms with Gasteiger partial charge in [0.05, 0.1) is 32.3 Å². The van der Waals surface area contributed by atoms with Crippen LogP contribution >= 0.6 is 0 Å². The standard InChI is InChI=1S/C19H18NO3.Ir/c1-19(2)10-23-18-12-6-5-11-7-15(21-3)16(22-4)8-13(11)17(12)20-9-14(18)19;/h5-7,9H,10H2,1-4H3;/q-1;. The van der Waals surface area contributed by atoms with Crippen molar-refractivity contribution in [2.45, 2.75) is 19.3 Å². The molecular formula is C19H18IrNO3-. The summed E-state index contributed by atoms with van der Waals surface area (Å²) in [5.41, 5.74) is 2.03. The maximum atomic E-state index is 5.97. The average molecular weight is 501 g/mol. The monoisotopic (exact) mass is 501 g/mol. The third-order valence-electron chi connectivity index (χ3n) is 4.50. The normalized spacial score (nSPS) is 14.8. The van der Waals surface area contributed by atoms with Gasteiger partial charge in [-0.25, -0.2) is 0 Å². The van der Waals surface area contributed by atoms with Crippen molar-refractivity contribution in [1.29, 1.82) is 0 Å². The summed E-state index contributed by atoms with van der Waals surface area (Å²) in [4.78, 5) is 4.70. The van der Waals surface area contributed by atoms with E-state index in [1.165, 1.54) is 0 Å². The maximum absolute atomic E-state index is 5.97. The van der Waals surface area contributed by atoms with Gasteiger partial charge < -0.3 is 19.2 Å². The van der Waals surface area contributed by atoms with Crippen LogP contribution in [0.2, 0.25) is 0 Å². The molecule has 0 unspecified atom stereocenters. The van der Waals surface area contributed by atoms with Gasteiger partial charge in [-0.15, -0.1) is 10.8 Å². The smallest absolute Gasteiger partial charge is 0.124 e. The summed E-state index contributed by atoms with van der Waals surface area (Å²) >= 11 is 0. The third-order valence-corrected chi connectivity index (χ3v) is 4.50. The van der Waals surface area contributed by atoms with Gasteiger partial charge in [-0.2, -0.15) is 0 Å². The minimum Gasteiger partial charge on any atom is -0.536 e. The van der Waals surface area contributed by atoms with Gasteiger partial charge in [0.2, 0.25) is 0 Å². The van der Waals surface area contributed by atoms with Crippen molar-refractivity contribution in [3.8, 4) is 17.2 Å². The first-order valence-corrected chi connectivity index (χ1v) is 7.58. The fourth-order valence-electron chi connectivity index (χ4n) is 3.16. The molecule has 0 N–H and O–H groups in total. The van der Waals surface area contributed by atoms with E-state index in [1.54, 1.807) is 14.2 Å². The minimum absolute atomic E-state index is 0. The van der Waals surface area contributed by atoms with Crippen LogP contribution in [-0.2, 0) is 25.5 Å². The summed E-state index contributed by atoms with van der Waals surface area (Å²) in [6, 6.07) is 9.34. The molecule has 2 aromatic carbocycles. The SMILES string of the molecule is COc1[c-]c2c(ccc3c4c(cnc32)C(C)(C)CO4)cc1OC.[Ir]. The molecule has 1 aliphatic heterocycles. The summed E-state index contributed by atoms with van der Waals surface area (Å²) in [5, 5.41) is 2.94. The molecule has 4 rings (SSSR count). The van der Waals surface area contributed by atoms with Crippen LogP contribution in [0.25, 0.3) is 21.7 Å². The Bertz CT molecular complexity index is 937. The quantitative estimate of drug-likeness (QED) is 0.396. The van der Waals surface area contributed by atoms with Crippen LogP contribution < -0.4 is 14.2 Å². The predicted molar refractivity (Wildman–Crippen MR) is 89.7 cm³/mol. The van der Waals surface area contributed by atoms with Crippen molar-refractivity contribution in [2.24, 2.45) is 0 Å². The van der Waals surface area contributed by atoms with Crippen LogP contribution in [0, 0.1) is 6.07 Å². The van der Waals surface area contributed by atoms with Crippen LogP contribution in [0.1, 0.15) is 19.4 Å². The number of nitrogens with zero attached hydrogens (tertiary/aromatic N) is 1. The molecule has 5 heteroatoms. The summed E-state index contributed by atoms with van der Waals surface area (Å²) in [6.45, 7) is 5.03. The number of hydrogen-bond acceptors (Lipinski definition) is 4. The van der Waals surface area contributed by atoms with Crippen LogP contribution in [0.5, 0.6) is 17.2 Å². The Morgan fingerprint density at radius 3 is 2.71 bits per heavy atom. The molecule has 24 heavy (non-hydrogen) atoms. The van der Waals surface area contributed by atoms with Gasteiger partial charge in [0.25, 0.3) is 0 Å². The molecule has 0 saturated carbocycles. The summed E-state index contributed by atoms with van der Waals surface area (Å²) < 4.78 is 16.7. The van der Waals surface area contributed by atoms with Crippen molar-refractivity contribution in [2.75, 3.05) is 20.8 Å². The molecule has 0 bridgehead atoms. The second-order valence-electron chi connectivity index (χ2n) is 6.47. The van der Waals surface area contributed by atoms with E-state index in [1.807, 2.05) is 18.3 Å². The van der Waals surface area contributed by atoms with Crippen molar-refractivity contribution < 1.29 is 34.3 Å². The van der Waals surface area contributed by atoms with Gasteiger partial charge in [0.15, 0.2) is 0 Å². The van der Waals surface area contributed by atoms with E-state index in [-0.39, 0.29) is 25.5 Å². The van der Waals surface area contributed by atoms with Crippen LogP contribution in [0.4, 0.5) is 0 Å². The number of aromatic nitrogens is 1. The van der Waals surface area contributed by atoms with Crippen molar-refractivity contribution in [3.63, 3.8) is 0 Å². The van der Waals surface area contributed by atoms with Gasteiger partial charge >= 0.3 is 0 Å². The molecule has 4 nitrogen and oxygen atoms in total. The van der Waals surface area contributed by atoms with Crippen molar-refractivity contribution in [1.82, 2.24) is 4.98 Å². The van der Waals surface area contributed by atoms with E-state index in [0.717, 1.165) is 33.0 Å². The first kappa shape index (κ1) is 17.0. The van der Waals surface area contributed by atoms with E-state index in [4.69, 9.17) is 19.2 Å². The number of pyridine rings is 1. The number of rotatable bonds is 2. The molecule has 0 fully saturated rings. The zero-order valence-corrected chi connectivity index (χ0v) is 16.4. The maximum Gasteiger partial charge on any atom is 0.124 e. The molecule has 0 atom stereocenters. The Labute approximate surface area is 154 Å². The minimum atomic E-state index is -0.00715. The summed E-state index contributed by atoms with van der Waals surface area (Å²) in [7, 11) is 3.24. The summed E-state index contributed by atoms with van der Waals surface area (Å²) in [6.07, 6.45) is 1.93. The van der Waals surface area contributed by atoms with E-state index >= 15 is 0 Å². The Balaban J connectivity index is 0.00000169. The molecule has 1 aliphatic rings. The summed E-state index contributed by atoms with van der Waals surface area (Å²) in [5.74, 6) is 2.18. The predicted octanol–water partition coefficient (Wildman–Crippen LogP) is 3.87. The number of fused-ring (bicyclic) bond motifs is 5. The van der Waals surface area contributed by atoms with Crippen LogP contribution in [-0.4, -0.2) is 25.8 Å². The van der Waals surface area contributed by atoms with Gasteiger partial charge in [0, 0.05) is 42.7 Å². The Kier molecular flexibility index (Phi) is 4.18. The van der Waals surface area contributed by atoms with Crippen LogP contribution in [0.3, 0.4) is 0 Å². The number of benzene rings is 2. The molecule has 2 heterocycles. The second kappa shape index (κ2) is 5.91. The molecular weight excluding hydrogens is 482 g/mol. The van der Waals surface area contributed by atoms with E-state index in [2.05, 4.69) is 26.0 Å². The molecule has 0 aliphatic carbocycles.